The van der Waals surface area contributed by atoms with E-state index in [1.807, 2.05) is 42.7 Å². The Labute approximate surface area is 162 Å². The Morgan fingerprint density at radius 1 is 1.19 bits per heavy atom. The lowest BCUT2D eigenvalue weighted by Gasteiger charge is -2.36. The Hall–Kier alpha value is -1.82. The van der Waals surface area contributed by atoms with E-state index in [4.69, 9.17) is 0 Å². The first kappa shape index (κ1) is 19.0. The first-order chi connectivity index (χ1) is 12.5. The van der Waals surface area contributed by atoms with E-state index < -0.39 is 5.54 Å². The average Bonchev–Trinajstić information content (AvgIpc) is 2.88. The number of aromatic nitrogens is 1. The number of benzene rings is 1. The topological polar surface area (TPSA) is 63.1 Å². The van der Waals surface area contributed by atoms with Crippen LogP contribution in [0.25, 0.3) is 10.9 Å². The summed E-state index contributed by atoms with van der Waals surface area (Å²) in [5.74, 6) is -0.169. The van der Waals surface area contributed by atoms with Gasteiger partial charge in [-0.05, 0) is 48.7 Å². The molecule has 0 radical (unpaired) electrons. The minimum Gasteiger partial charge on any atom is -0.354 e. The monoisotopic (exact) mass is 419 g/mol. The van der Waals surface area contributed by atoms with E-state index in [0.717, 1.165) is 40.3 Å². The van der Waals surface area contributed by atoms with Gasteiger partial charge in [0.15, 0.2) is 0 Å². The van der Waals surface area contributed by atoms with Gasteiger partial charge in [0.25, 0.3) is 0 Å². The highest BCUT2D eigenvalue weighted by molar-refractivity contribution is 9.10. The van der Waals surface area contributed by atoms with Crippen molar-refractivity contribution in [2.24, 2.45) is 0 Å². The zero-order valence-corrected chi connectivity index (χ0v) is 17.0. The van der Waals surface area contributed by atoms with E-state index >= 15 is 0 Å². The minimum absolute atomic E-state index is 0.0525. The number of amides is 2. The summed E-state index contributed by atoms with van der Waals surface area (Å²) in [4.78, 5) is 25.5. The maximum absolute atomic E-state index is 12.9. The fourth-order valence-corrected chi connectivity index (χ4v) is 4.49. The largest absolute Gasteiger partial charge is 0.354 e. The predicted molar refractivity (Wildman–Crippen MR) is 107 cm³/mol. The van der Waals surface area contributed by atoms with Gasteiger partial charge < -0.3 is 15.2 Å². The van der Waals surface area contributed by atoms with E-state index in [1.54, 1.807) is 0 Å². The summed E-state index contributed by atoms with van der Waals surface area (Å²) in [6.45, 7) is 4.68. The third kappa shape index (κ3) is 3.52. The molecule has 1 aliphatic carbocycles. The number of hydrogen-bond donors (Lipinski definition) is 2. The molecule has 0 saturated heterocycles. The Kier molecular flexibility index (Phi) is 5.70. The van der Waals surface area contributed by atoms with Gasteiger partial charge in [-0.3, -0.25) is 9.59 Å². The summed E-state index contributed by atoms with van der Waals surface area (Å²) in [6.07, 6.45) is 4.47. The Balaban J connectivity index is 1.83. The van der Waals surface area contributed by atoms with Gasteiger partial charge in [0, 0.05) is 27.6 Å². The fraction of sp³-hybridized carbons (Fsp3) is 0.500. The number of nitrogens with one attached hydrogen (secondary N) is 2. The van der Waals surface area contributed by atoms with Gasteiger partial charge in [-0.1, -0.05) is 37.5 Å². The van der Waals surface area contributed by atoms with Gasteiger partial charge >= 0.3 is 0 Å². The number of likely N-dealkylation sites (N-methyl/N-ethyl adjacent to an activating group) is 1. The van der Waals surface area contributed by atoms with Crippen LogP contribution >= 0.6 is 15.9 Å². The Morgan fingerprint density at radius 3 is 2.58 bits per heavy atom. The van der Waals surface area contributed by atoms with Crippen LogP contribution in [0.3, 0.4) is 0 Å². The van der Waals surface area contributed by atoms with Crippen LogP contribution in [0.15, 0.2) is 28.7 Å². The van der Waals surface area contributed by atoms with E-state index in [0.29, 0.717) is 19.4 Å². The minimum atomic E-state index is -0.764. The zero-order valence-electron chi connectivity index (χ0n) is 15.4. The van der Waals surface area contributed by atoms with E-state index in [-0.39, 0.29) is 18.4 Å². The predicted octanol–water partition coefficient (Wildman–Crippen LogP) is 3.67. The van der Waals surface area contributed by atoms with Crippen LogP contribution in [0.5, 0.6) is 0 Å². The summed E-state index contributed by atoms with van der Waals surface area (Å²) >= 11 is 3.63. The number of nitrogens with zero attached hydrogens (tertiary/aromatic N) is 1. The highest BCUT2D eigenvalue weighted by Crippen LogP contribution is 2.31. The van der Waals surface area contributed by atoms with Crippen molar-refractivity contribution in [1.29, 1.82) is 0 Å². The standard InChI is InChI=1S/C20H26BrN3O2/c1-3-22-19(26)20(11-7-4-8-12-20)23-17(25)13-24-14(2)18(21)15-9-5-6-10-16(15)24/h5-6,9-10H,3-4,7-8,11-13H2,1-2H3,(H,22,26)(H,23,25). The quantitative estimate of drug-likeness (QED) is 0.776. The maximum atomic E-state index is 12.9. The lowest BCUT2D eigenvalue weighted by Crippen LogP contribution is -2.60. The molecule has 0 bridgehead atoms. The Bertz CT molecular complexity index is 822. The molecular weight excluding hydrogens is 394 g/mol. The van der Waals surface area contributed by atoms with Gasteiger partial charge in [-0.15, -0.1) is 0 Å². The second kappa shape index (κ2) is 7.82. The molecule has 6 heteroatoms. The molecule has 26 heavy (non-hydrogen) atoms. The molecule has 1 fully saturated rings. The zero-order chi connectivity index (χ0) is 18.7. The molecule has 1 heterocycles. The van der Waals surface area contributed by atoms with E-state index in [2.05, 4.69) is 26.6 Å². The van der Waals surface area contributed by atoms with Gasteiger partial charge in [0.05, 0.1) is 0 Å². The van der Waals surface area contributed by atoms with Gasteiger partial charge in [0.2, 0.25) is 11.8 Å². The van der Waals surface area contributed by atoms with Crippen LogP contribution < -0.4 is 10.6 Å². The number of carbonyl (C=O) groups excluding carboxylic acids is 2. The number of halogens is 1. The van der Waals surface area contributed by atoms with E-state index in [1.165, 1.54) is 0 Å². The van der Waals surface area contributed by atoms with Crippen molar-refractivity contribution in [3.05, 3.63) is 34.4 Å². The van der Waals surface area contributed by atoms with Crippen LogP contribution in [0.1, 0.15) is 44.7 Å². The van der Waals surface area contributed by atoms with Crippen molar-refractivity contribution in [2.45, 2.75) is 58.0 Å². The normalized spacial score (nSPS) is 16.4. The van der Waals surface area contributed by atoms with Crippen molar-refractivity contribution >= 4 is 38.6 Å². The van der Waals surface area contributed by atoms with Gasteiger partial charge in [-0.2, -0.15) is 0 Å². The molecule has 5 nitrogen and oxygen atoms in total. The highest BCUT2D eigenvalue weighted by Gasteiger charge is 2.40. The third-order valence-electron chi connectivity index (χ3n) is 5.31. The van der Waals surface area contributed by atoms with Crippen molar-refractivity contribution in [2.75, 3.05) is 6.54 Å². The molecular formula is C20H26BrN3O2. The Morgan fingerprint density at radius 2 is 1.88 bits per heavy atom. The molecule has 1 aliphatic rings. The van der Waals surface area contributed by atoms with Crippen LogP contribution in [0.4, 0.5) is 0 Å². The summed E-state index contributed by atoms with van der Waals surface area (Å²) in [7, 11) is 0. The van der Waals surface area contributed by atoms with E-state index in [9.17, 15) is 9.59 Å². The maximum Gasteiger partial charge on any atom is 0.245 e. The molecule has 3 rings (SSSR count). The second-order valence-corrected chi connectivity index (χ2v) is 7.85. The lowest BCUT2D eigenvalue weighted by atomic mass is 9.80. The molecule has 0 atom stereocenters. The molecule has 2 aromatic rings. The molecule has 2 N–H and O–H groups in total. The molecule has 0 unspecified atom stereocenters. The molecule has 0 aliphatic heterocycles. The van der Waals surface area contributed by atoms with Crippen molar-refractivity contribution in [3.8, 4) is 0 Å². The summed E-state index contributed by atoms with van der Waals surface area (Å²) < 4.78 is 3.01. The summed E-state index contributed by atoms with van der Waals surface area (Å²) in [5, 5.41) is 7.07. The average molecular weight is 420 g/mol. The molecule has 0 spiro atoms. The van der Waals surface area contributed by atoms with Crippen molar-refractivity contribution in [1.82, 2.24) is 15.2 Å². The molecule has 1 aromatic carbocycles. The van der Waals surface area contributed by atoms with Crippen LogP contribution in [-0.4, -0.2) is 28.5 Å². The smallest absolute Gasteiger partial charge is 0.245 e. The van der Waals surface area contributed by atoms with Crippen LogP contribution in [0, 0.1) is 6.92 Å². The summed E-state index contributed by atoms with van der Waals surface area (Å²) in [6, 6.07) is 8.02. The SMILES string of the molecule is CCNC(=O)C1(NC(=O)Cn2c(C)c(Br)c3ccccc32)CCCCC1. The number of para-hydroxylation sites is 1. The number of carbonyl (C=O) groups is 2. The molecule has 140 valence electrons. The molecule has 1 saturated carbocycles. The van der Waals surface area contributed by atoms with Crippen LogP contribution in [-0.2, 0) is 16.1 Å². The lowest BCUT2D eigenvalue weighted by molar-refractivity contribution is -0.135. The van der Waals surface area contributed by atoms with Crippen molar-refractivity contribution < 1.29 is 9.59 Å². The second-order valence-electron chi connectivity index (χ2n) is 7.05. The number of hydrogen-bond acceptors (Lipinski definition) is 2. The highest BCUT2D eigenvalue weighted by atomic mass is 79.9. The molecule has 2 amide bonds. The first-order valence-corrected chi connectivity index (χ1v) is 10.1. The van der Waals surface area contributed by atoms with Crippen molar-refractivity contribution in [3.63, 3.8) is 0 Å². The number of rotatable bonds is 5. The number of fused-ring (bicyclic) bond motifs is 1. The van der Waals surface area contributed by atoms with Crippen LogP contribution in [0.2, 0.25) is 0 Å². The van der Waals surface area contributed by atoms with Gasteiger partial charge in [-0.25, -0.2) is 0 Å². The molecule has 1 aromatic heterocycles. The first-order valence-electron chi connectivity index (χ1n) is 9.31. The van der Waals surface area contributed by atoms with Gasteiger partial charge in [0.1, 0.15) is 12.1 Å². The summed E-state index contributed by atoms with van der Waals surface area (Å²) in [5.41, 5.74) is 1.26. The third-order valence-corrected chi connectivity index (χ3v) is 6.31. The fourth-order valence-electron chi connectivity index (χ4n) is 3.94.